The summed E-state index contributed by atoms with van der Waals surface area (Å²) in [5.41, 5.74) is 1.88. The summed E-state index contributed by atoms with van der Waals surface area (Å²) in [5.74, 6) is 1.70. The summed E-state index contributed by atoms with van der Waals surface area (Å²) in [6.45, 7) is 4.42. The van der Waals surface area contributed by atoms with Gasteiger partial charge in [-0.2, -0.15) is 0 Å². The predicted molar refractivity (Wildman–Crippen MR) is 113 cm³/mol. The van der Waals surface area contributed by atoms with Gasteiger partial charge in [0.25, 0.3) is 0 Å². The summed E-state index contributed by atoms with van der Waals surface area (Å²) in [5, 5.41) is 29.8. The minimum Gasteiger partial charge on any atom is -0.399 e. The van der Waals surface area contributed by atoms with Crippen LogP contribution in [-0.2, 0) is 9.68 Å². The molecule has 6 nitrogen and oxygen atoms in total. The van der Waals surface area contributed by atoms with Crippen LogP contribution >= 0.6 is 0 Å². The first-order chi connectivity index (χ1) is 13.8. The molecule has 6 heteroatoms. The molecule has 6 unspecified atom stereocenters. The molecule has 0 radical (unpaired) electrons. The van der Waals surface area contributed by atoms with Gasteiger partial charge in [0, 0.05) is 5.41 Å². The number of nitrogens with zero attached hydrogens (tertiary/aromatic N) is 2. The number of aliphatic hydroxyl groups is 2. The fraction of sp³-hybridized carbons (Fsp3) is 0.826. The van der Waals surface area contributed by atoms with Gasteiger partial charge < -0.3 is 19.9 Å². The summed E-state index contributed by atoms with van der Waals surface area (Å²) in [6, 6.07) is 0. The lowest BCUT2D eigenvalue weighted by Gasteiger charge is -2.59. The molecule has 4 rings (SSSR count). The topological polar surface area (TPSA) is 83.6 Å². The van der Waals surface area contributed by atoms with Crippen molar-refractivity contribution < 1.29 is 19.9 Å². The van der Waals surface area contributed by atoms with Gasteiger partial charge in [0.15, 0.2) is 0 Å². The second-order valence-corrected chi connectivity index (χ2v) is 10.0. The molecule has 4 aliphatic rings. The zero-order valence-electron chi connectivity index (χ0n) is 18.3. The average Bonchev–Trinajstić information content (AvgIpc) is 2.98. The zero-order valence-corrected chi connectivity index (χ0v) is 18.3. The van der Waals surface area contributed by atoms with E-state index in [0.29, 0.717) is 29.9 Å². The van der Waals surface area contributed by atoms with Crippen molar-refractivity contribution in [1.82, 2.24) is 0 Å². The number of fused-ring (bicyclic) bond motifs is 5. The molecule has 0 spiro atoms. The van der Waals surface area contributed by atoms with Gasteiger partial charge in [-0.1, -0.05) is 29.7 Å². The smallest absolute Gasteiger partial charge is 0.115 e. The number of hydrogen-bond donors (Lipinski definition) is 2. The van der Waals surface area contributed by atoms with Crippen LogP contribution in [-0.4, -0.2) is 48.1 Å². The molecule has 0 bridgehead atoms. The largest absolute Gasteiger partial charge is 0.399 e. The summed E-state index contributed by atoms with van der Waals surface area (Å²) < 4.78 is 0. The number of allylic oxidation sites excluding steroid dienone is 2. The molecule has 0 amide bonds. The first-order valence-electron chi connectivity index (χ1n) is 11.1. The number of rotatable bonds is 4. The van der Waals surface area contributed by atoms with E-state index in [1.807, 2.05) is 0 Å². The van der Waals surface area contributed by atoms with Crippen LogP contribution in [0.5, 0.6) is 0 Å². The van der Waals surface area contributed by atoms with Crippen LogP contribution in [0.25, 0.3) is 0 Å². The maximum absolute atomic E-state index is 11.7. The third-order valence-electron chi connectivity index (χ3n) is 9.17. The second-order valence-electron chi connectivity index (χ2n) is 10.0. The summed E-state index contributed by atoms with van der Waals surface area (Å²) >= 11 is 0. The minimum atomic E-state index is -1.07. The van der Waals surface area contributed by atoms with E-state index in [1.54, 1.807) is 7.11 Å². The van der Waals surface area contributed by atoms with Crippen LogP contribution in [0.4, 0.5) is 0 Å². The molecule has 4 aliphatic carbocycles. The Labute approximate surface area is 174 Å². The van der Waals surface area contributed by atoms with Crippen LogP contribution in [0.1, 0.15) is 65.2 Å². The highest BCUT2D eigenvalue weighted by molar-refractivity contribution is 5.96. The van der Waals surface area contributed by atoms with Crippen molar-refractivity contribution in [2.24, 2.45) is 38.9 Å². The molecule has 3 fully saturated rings. The van der Waals surface area contributed by atoms with Crippen LogP contribution in [0.15, 0.2) is 22.0 Å². The van der Waals surface area contributed by atoms with Crippen molar-refractivity contribution >= 4 is 11.4 Å². The molecule has 6 atom stereocenters. The Morgan fingerprint density at radius 3 is 2.52 bits per heavy atom. The number of oxime groups is 2. The second kappa shape index (κ2) is 7.38. The maximum Gasteiger partial charge on any atom is 0.115 e. The summed E-state index contributed by atoms with van der Waals surface area (Å²) in [7, 11) is 3.09. The maximum atomic E-state index is 11.7. The molecule has 2 N–H and O–H groups in total. The van der Waals surface area contributed by atoms with Gasteiger partial charge in [-0.15, -0.1) is 0 Å². The van der Waals surface area contributed by atoms with Crippen LogP contribution in [0.2, 0.25) is 0 Å². The summed E-state index contributed by atoms with van der Waals surface area (Å²) in [6.07, 6.45) is 10.4. The molecule has 3 saturated carbocycles. The molecular formula is C23H36N2O4. The van der Waals surface area contributed by atoms with Gasteiger partial charge >= 0.3 is 0 Å². The van der Waals surface area contributed by atoms with Gasteiger partial charge in [-0.3, -0.25) is 0 Å². The van der Waals surface area contributed by atoms with Gasteiger partial charge in [0.1, 0.15) is 25.5 Å². The first kappa shape index (κ1) is 20.9. The van der Waals surface area contributed by atoms with Gasteiger partial charge in [-0.25, -0.2) is 0 Å². The molecule has 162 valence electrons. The van der Waals surface area contributed by atoms with E-state index >= 15 is 0 Å². The standard InChI is InChI=1S/C23H36N2O4/c1-21-10-7-16(24-28-3)13-15(21)5-6-17-18(21)8-11-22(2)19(17)9-12-23(22,27)20(14-26)25-29-4/h13,17-19,26-27H,5-12,14H2,1-4H3/b24-16+,25-20+. The predicted octanol–water partition coefficient (Wildman–Crippen LogP) is 3.68. The third kappa shape index (κ3) is 2.89. The monoisotopic (exact) mass is 404 g/mol. The lowest BCUT2D eigenvalue weighted by Crippen LogP contribution is -2.58. The average molecular weight is 405 g/mol. The van der Waals surface area contributed by atoms with Crippen LogP contribution < -0.4 is 0 Å². The zero-order chi connectivity index (χ0) is 20.9. The van der Waals surface area contributed by atoms with Crippen molar-refractivity contribution in [2.75, 3.05) is 20.8 Å². The Kier molecular flexibility index (Phi) is 5.31. The van der Waals surface area contributed by atoms with Gasteiger partial charge in [0.2, 0.25) is 0 Å². The lowest BCUT2D eigenvalue weighted by atomic mass is 9.46. The Balaban J connectivity index is 1.65. The van der Waals surface area contributed by atoms with Crippen LogP contribution in [0.3, 0.4) is 0 Å². The number of hydrogen-bond acceptors (Lipinski definition) is 6. The molecule has 0 aliphatic heterocycles. The molecular weight excluding hydrogens is 368 g/mol. The van der Waals surface area contributed by atoms with Crippen molar-refractivity contribution in [3.8, 4) is 0 Å². The van der Waals surface area contributed by atoms with Crippen molar-refractivity contribution in [3.05, 3.63) is 11.6 Å². The van der Waals surface area contributed by atoms with E-state index in [1.165, 1.54) is 19.1 Å². The van der Waals surface area contributed by atoms with E-state index in [9.17, 15) is 10.2 Å². The van der Waals surface area contributed by atoms with Gasteiger partial charge in [-0.05, 0) is 80.6 Å². The van der Waals surface area contributed by atoms with E-state index in [-0.39, 0.29) is 17.4 Å². The molecule has 0 aromatic heterocycles. The minimum absolute atomic E-state index is 0.220. The Bertz CT molecular complexity index is 747. The highest BCUT2D eigenvalue weighted by Gasteiger charge is 2.65. The van der Waals surface area contributed by atoms with Crippen molar-refractivity contribution in [1.29, 1.82) is 0 Å². The number of aliphatic hydroxyl groups excluding tert-OH is 1. The SMILES string of the molecule is CO/N=C1/C=C2CCC3C(CCC4(C)C3CCC4(O)/C(CO)=N/OC)C2(C)CC1. The quantitative estimate of drug-likeness (QED) is 0.553. The van der Waals surface area contributed by atoms with Gasteiger partial charge in [0.05, 0.1) is 12.3 Å². The first-order valence-corrected chi connectivity index (χ1v) is 11.1. The normalized spacial score (nSPS) is 45.9. The highest BCUT2D eigenvalue weighted by Crippen LogP contribution is 2.67. The molecule has 0 saturated heterocycles. The third-order valence-corrected chi connectivity index (χ3v) is 9.17. The lowest BCUT2D eigenvalue weighted by molar-refractivity contribution is -0.0966. The Hall–Kier alpha value is -1.40. The molecule has 0 heterocycles. The van der Waals surface area contributed by atoms with E-state index < -0.39 is 5.60 Å². The van der Waals surface area contributed by atoms with Crippen molar-refractivity contribution in [3.63, 3.8) is 0 Å². The fourth-order valence-corrected chi connectivity index (χ4v) is 7.60. The van der Waals surface area contributed by atoms with E-state index in [4.69, 9.17) is 9.68 Å². The highest BCUT2D eigenvalue weighted by atomic mass is 16.6. The fourth-order valence-electron chi connectivity index (χ4n) is 7.60. The summed E-state index contributed by atoms with van der Waals surface area (Å²) in [4.78, 5) is 9.98. The Morgan fingerprint density at radius 1 is 1.07 bits per heavy atom. The molecule has 0 aromatic rings. The molecule has 0 aromatic carbocycles. The Morgan fingerprint density at radius 2 is 1.83 bits per heavy atom. The van der Waals surface area contributed by atoms with Crippen LogP contribution in [0, 0.1) is 28.6 Å². The van der Waals surface area contributed by atoms with E-state index in [0.717, 1.165) is 44.2 Å². The van der Waals surface area contributed by atoms with E-state index in [2.05, 4.69) is 30.2 Å². The van der Waals surface area contributed by atoms with Crippen molar-refractivity contribution in [2.45, 2.75) is 70.8 Å². The molecule has 29 heavy (non-hydrogen) atoms.